The quantitative estimate of drug-likeness (QED) is 0.617. The van der Waals surface area contributed by atoms with Crippen molar-refractivity contribution in [2.24, 2.45) is 0 Å². The first kappa shape index (κ1) is 13.0. The second-order valence-corrected chi connectivity index (χ2v) is 4.40. The number of alkyl halides is 1. The van der Waals surface area contributed by atoms with E-state index in [0.29, 0.717) is 0 Å². The molecule has 1 unspecified atom stereocenters. The van der Waals surface area contributed by atoms with Gasteiger partial charge in [-0.1, -0.05) is 35.0 Å². The third-order valence-electron chi connectivity index (χ3n) is 2.18. The zero-order chi connectivity index (χ0) is 12.0. The van der Waals surface area contributed by atoms with Crippen molar-refractivity contribution in [1.82, 2.24) is 0 Å². The van der Waals surface area contributed by atoms with Crippen molar-refractivity contribution in [2.45, 2.75) is 18.2 Å². The molecule has 0 heterocycles. The minimum atomic E-state index is -0.427. The van der Waals surface area contributed by atoms with Crippen LogP contribution < -0.4 is 4.74 Å². The Morgan fingerprint density at radius 1 is 1.38 bits per heavy atom. The molecule has 0 fully saturated rings. The Morgan fingerprint density at radius 3 is 2.50 bits per heavy atom. The molecule has 1 atom stereocenters. The average Bonchev–Trinajstić information content (AvgIpc) is 2.35. The maximum atomic E-state index is 11.1. The molecule has 4 heteroatoms. The van der Waals surface area contributed by atoms with Crippen LogP contribution in [0.3, 0.4) is 0 Å². The van der Waals surface area contributed by atoms with E-state index in [4.69, 9.17) is 4.74 Å². The molecule has 0 aliphatic heterocycles. The van der Waals surface area contributed by atoms with Gasteiger partial charge in [-0.05, 0) is 24.1 Å². The van der Waals surface area contributed by atoms with E-state index >= 15 is 0 Å². The molecule has 0 spiro atoms. The van der Waals surface area contributed by atoms with Gasteiger partial charge in [0.25, 0.3) is 0 Å². The van der Waals surface area contributed by atoms with Crippen molar-refractivity contribution < 1.29 is 14.3 Å². The summed E-state index contributed by atoms with van der Waals surface area (Å²) in [5.41, 5.74) is 1.26. The van der Waals surface area contributed by atoms with Crippen LogP contribution in [-0.2, 0) is 16.0 Å². The zero-order valence-corrected chi connectivity index (χ0v) is 11.0. The molecule has 0 bridgehead atoms. The van der Waals surface area contributed by atoms with Gasteiger partial charge in [0.05, 0.1) is 7.11 Å². The van der Waals surface area contributed by atoms with Crippen molar-refractivity contribution in [3.05, 3.63) is 29.8 Å². The standard InChI is InChI=1S/C12H15BrO3/c1-3-9-4-6-10(7-5-9)16-8-11(13)12(14)15-2/h4-7,11H,3,8H2,1-2H3. The first-order valence-corrected chi connectivity index (χ1v) is 6.02. The lowest BCUT2D eigenvalue weighted by atomic mass is 10.2. The number of benzene rings is 1. The summed E-state index contributed by atoms with van der Waals surface area (Å²) >= 11 is 3.19. The molecule has 0 saturated heterocycles. The molecule has 0 saturated carbocycles. The summed E-state index contributed by atoms with van der Waals surface area (Å²) in [6, 6.07) is 7.82. The first-order chi connectivity index (χ1) is 7.67. The number of methoxy groups -OCH3 is 1. The highest BCUT2D eigenvalue weighted by atomic mass is 79.9. The number of ether oxygens (including phenoxy) is 2. The number of hydrogen-bond donors (Lipinski definition) is 0. The number of aryl methyl sites for hydroxylation is 1. The number of halogens is 1. The second kappa shape index (κ2) is 6.53. The molecule has 3 nitrogen and oxygen atoms in total. The molecule has 1 aromatic rings. The van der Waals surface area contributed by atoms with Crippen LogP contribution in [0.15, 0.2) is 24.3 Å². The topological polar surface area (TPSA) is 35.5 Å². The number of esters is 1. The normalized spacial score (nSPS) is 11.9. The Labute approximate surface area is 104 Å². The lowest BCUT2D eigenvalue weighted by Crippen LogP contribution is -2.22. The van der Waals surface area contributed by atoms with Gasteiger partial charge in [-0.3, -0.25) is 4.79 Å². The highest BCUT2D eigenvalue weighted by Gasteiger charge is 2.15. The molecule has 1 aromatic carbocycles. The minimum absolute atomic E-state index is 0.262. The zero-order valence-electron chi connectivity index (χ0n) is 9.40. The van der Waals surface area contributed by atoms with Gasteiger partial charge >= 0.3 is 5.97 Å². The van der Waals surface area contributed by atoms with E-state index in [-0.39, 0.29) is 12.6 Å². The summed E-state index contributed by atoms with van der Waals surface area (Å²) in [5, 5.41) is 0. The van der Waals surface area contributed by atoms with Crippen molar-refractivity contribution in [1.29, 1.82) is 0 Å². The third kappa shape index (κ3) is 3.85. The van der Waals surface area contributed by atoms with Crippen LogP contribution in [0.2, 0.25) is 0 Å². The van der Waals surface area contributed by atoms with Crippen LogP contribution in [0.1, 0.15) is 12.5 Å². The largest absolute Gasteiger partial charge is 0.492 e. The summed E-state index contributed by atoms with van der Waals surface area (Å²) < 4.78 is 10.0. The van der Waals surface area contributed by atoms with Crippen molar-refractivity contribution in [3.8, 4) is 5.75 Å². The summed E-state index contributed by atoms with van der Waals surface area (Å²) in [6.07, 6.45) is 1.00. The Balaban J connectivity index is 2.45. The van der Waals surface area contributed by atoms with Gasteiger partial charge in [-0.2, -0.15) is 0 Å². The predicted octanol–water partition coefficient (Wildman–Crippen LogP) is 2.56. The van der Waals surface area contributed by atoms with E-state index < -0.39 is 4.83 Å². The fourth-order valence-corrected chi connectivity index (χ4v) is 1.51. The molecule has 16 heavy (non-hydrogen) atoms. The van der Waals surface area contributed by atoms with Gasteiger partial charge < -0.3 is 9.47 Å². The van der Waals surface area contributed by atoms with Crippen LogP contribution >= 0.6 is 15.9 Å². The molecular weight excluding hydrogens is 272 g/mol. The average molecular weight is 287 g/mol. The molecule has 0 amide bonds. The first-order valence-electron chi connectivity index (χ1n) is 5.11. The predicted molar refractivity (Wildman–Crippen MR) is 66.0 cm³/mol. The Hall–Kier alpha value is -1.03. The third-order valence-corrected chi connectivity index (χ3v) is 2.82. The number of carbonyl (C=O) groups is 1. The molecular formula is C12H15BrO3. The summed E-state index contributed by atoms with van der Waals surface area (Å²) in [5.74, 6) is 0.427. The molecule has 0 aliphatic rings. The van der Waals surface area contributed by atoms with Gasteiger partial charge in [0.15, 0.2) is 0 Å². The highest BCUT2D eigenvalue weighted by Crippen LogP contribution is 2.14. The number of hydrogen-bond acceptors (Lipinski definition) is 3. The smallest absolute Gasteiger partial charge is 0.322 e. The highest BCUT2D eigenvalue weighted by molar-refractivity contribution is 9.10. The van der Waals surface area contributed by atoms with Crippen LogP contribution in [0.4, 0.5) is 0 Å². The van der Waals surface area contributed by atoms with Crippen molar-refractivity contribution in [2.75, 3.05) is 13.7 Å². The lowest BCUT2D eigenvalue weighted by Gasteiger charge is -2.10. The van der Waals surface area contributed by atoms with Gasteiger partial charge in [-0.15, -0.1) is 0 Å². The number of carbonyl (C=O) groups excluding carboxylic acids is 1. The minimum Gasteiger partial charge on any atom is -0.492 e. The number of rotatable bonds is 5. The summed E-state index contributed by atoms with van der Waals surface area (Å²) in [6.45, 7) is 2.36. The second-order valence-electron chi connectivity index (χ2n) is 3.30. The fraction of sp³-hybridized carbons (Fsp3) is 0.417. The summed E-state index contributed by atoms with van der Waals surface area (Å²) in [4.78, 5) is 10.7. The van der Waals surface area contributed by atoms with Crippen LogP contribution in [0.25, 0.3) is 0 Å². The molecule has 0 aliphatic carbocycles. The molecule has 88 valence electrons. The maximum absolute atomic E-state index is 11.1. The lowest BCUT2D eigenvalue weighted by molar-refractivity contribution is -0.140. The van der Waals surface area contributed by atoms with Crippen LogP contribution in [0.5, 0.6) is 5.75 Å². The molecule has 0 N–H and O–H groups in total. The van der Waals surface area contributed by atoms with Crippen LogP contribution in [-0.4, -0.2) is 24.5 Å². The van der Waals surface area contributed by atoms with E-state index in [1.165, 1.54) is 12.7 Å². The van der Waals surface area contributed by atoms with Crippen molar-refractivity contribution in [3.63, 3.8) is 0 Å². The fourth-order valence-electron chi connectivity index (χ4n) is 1.19. The molecule has 0 aromatic heterocycles. The van der Waals surface area contributed by atoms with Crippen molar-refractivity contribution >= 4 is 21.9 Å². The van der Waals surface area contributed by atoms with Gasteiger partial charge in [-0.25, -0.2) is 0 Å². The Kier molecular flexibility index (Phi) is 5.32. The van der Waals surface area contributed by atoms with E-state index in [0.717, 1.165) is 12.2 Å². The van der Waals surface area contributed by atoms with Gasteiger partial charge in [0, 0.05) is 0 Å². The maximum Gasteiger partial charge on any atom is 0.322 e. The van der Waals surface area contributed by atoms with Gasteiger partial charge in [0.2, 0.25) is 0 Å². The Morgan fingerprint density at radius 2 is 2.00 bits per heavy atom. The summed E-state index contributed by atoms with van der Waals surface area (Å²) in [7, 11) is 1.35. The molecule has 1 rings (SSSR count). The SMILES string of the molecule is CCc1ccc(OCC(Br)C(=O)OC)cc1. The van der Waals surface area contributed by atoms with E-state index in [9.17, 15) is 4.79 Å². The van der Waals surface area contributed by atoms with E-state index in [1.54, 1.807) is 0 Å². The molecule has 0 radical (unpaired) electrons. The van der Waals surface area contributed by atoms with E-state index in [2.05, 4.69) is 27.6 Å². The van der Waals surface area contributed by atoms with Gasteiger partial charge in [0.1, 0.15) is 17.2 Å². The van der Waals surface area contributed by atoms with E-state index in [1.807, 2.05) is 24.3 Å². The van der Waals surface area contributed by atoms with Crippen LogP contribution in [0, 0.1) is 0 Å². The monoisotopic (exact) mass is 286 g/mol. The Bertz CT molecular complexity index is 335.